The summed E-state index contributed by atoms with van der Waals surface area (Å²) in [6.45, 7) is 5.14. The van der Waals surface area contributed by atoms with Crippen LogP contribution in [0.25, 0.3) is 0 Å². The van der Waals surface area contributed by atoms with Crippen LogP contribution in [0.1, 0.15) is 33.6 Å². The smallest absolute Gasteiger partial charge is 0.270 e. The van der Waals surface area contributed by atoms with Crippen LogP contribution in [0.4, 0.5) is 5.13 Å². The molecule has 2 N–H and O–H groups in total. The average molecular weight is 385 g/mol. The number of nitrogens with zero attached hydrogens (tertiary/aromatic N) is 2. The Morgan fingerprint density at radius 3 is 2.40 bits per heavy atom. The van der Waals surface area contributed by atoms with Gasteiger partial charge in [0, 0.05) is 17.8 Å². The largest absolute Gasteiger partial charge is 0.301 e. The standard InChI is InChI=1S/C10H17BrN4O3S2/c1-4-10(5-2,6-11)15-20(17,18)9-14-13-8(19-9)12-7(3)16/h15H,4-6H2,1-3H3,(H,12,13,16). The number of alkyl halides is 1. The molecule has 0 aliphatic heterocycles. The van der Waals surface area contributed by atoms with Gasteiger partial charge in [-0.25, -0.2) is 13.1 Å². The van der Waals surface area contributed by atoms with E-state index in [-0.39, 0.29) is 15.4 Å². The number of sulfonamides is 1. The summed E-state index contributed by atoms with van der Waals surface area (Å²) in [7, 11) is -3.76. The summed E-state index contributed by atoms with van der Waals surface area (Å²) in [6, 6.07) is 0. The van der Waals surface area contributed by atoms with E-state index in [1.165, 1.54) is 6.92 Å². The molecule has 10 heteroatoms. The molecule has 0 atom stereocenters. The Morgan fingerprint density at radius 2 is 1.95 bits per heavy atom. The van der Waals surface area contributed by atoms with Gasteiger partial charge in [0.2, 0.25) is 15.4 Å². The Morgan fingerprint density at radius 1 is 1.35 bits per heavy atom. The van der Waals surface area contributed by atoms with Crippen molar-refractivity contribution in [2.24, 2.45) is 0 Å². The number of nitrogens with one attached hydrogen (secondary N) is 2. The van der Waals surface area contributed by atoms with Crippen LogP contribution in [0.15, 0.2) is 4.34 Å². The fraction of sp³-hybridized carbons (Fsp3) is 0.700. The molecule has 0 radical (unpaired) electrons. The first-order chi connectivity index (χ1) is 9.28. The first kappa shape index (κ1) is 17.5. The highest BCUT2D eigenvalue weighted by atomic mass is 79.9. The maximum atomic E-state index is 12.3. The van der Waals surface area contributed by atoms with Gasteiger partial charge in [0.15, 0.2) is 0 Å². The molecule has 1 aromatic heterocycles. The van der Waals surface area contributed by atoms with Crippen molar-refractivity contribution in [3.05, 3.63) is 0 Å². The molecular formula is C10H17BrN4O3S2. The molecule has 20 heavy (non-hydrogen) atoms. The summed E-state index contributed by atoms with van der Waals surface area (Å²) in [5.74, 6) is -0.324. The summed E-state index contributed by atoms with van der Waals surface area (Å²) in [5.41, 5.74) is -0.557. The second-order valence-corrected chi connectivity index (χ2v) is 7.68. The zero-order valence-corrected chi connectivity index (χ0v) is 14.7. The Labute approximate surface area is 130 Å². The third kappa shape index (κ3) is 4.21. The van der Waals surface area contributed by atoms with E-state index in [0.717, 1.165) is 11.3 Å². The van der Waals surface area contributed by atoms with E-state index in [2.05, 4.69) is 36.2 Å². The minimum absolute atomic E-state index is 0.159. The van der Waals surface area contributed by atoms with Crippen LogP contribution in [0.3, 0.4) is 0 Å². The van der Waals surface area contributed by atoms with E-state index < -0.39 is 15.6 Å². The molecule has 0 saturated heterocycles. The lowest BCUT2D eigenvalue weighted by Crippen LogP contribution is -2.48. The highest BCUT2D eigenvalue weighted by Crippen LogP contribution is 2.25. The van der Waals surface area contributed by atoms with Crippen LogP contribution in [0.5, 0.6) is 0 Å². The van der Waals surface area contributed by atoms with Crippen LogP contribution >= 0.6 is 27.3 Å². The predicted molar refractivity (Wildman–Crippen MR) is 81.6 cm³/mol. The van der Waals surface area contributed by atoms with Gasteiger partial charge in [-0.15, -0.1) is 10.2 Å². The summed E-state index contributed by atoms with van der Waals surface area (Å²) in [5, 5.41) is 10.3. The number of aromatic nitrogens is 2. The summed E-state index contributed by atoms with van der Waals surface area (Å²) in [6.07, 6.45) is 1.29. The number of anilines is 1. The lowest BCUT2D eigenvalue weighted by Gasteiger charge is -2.29. The van der Waals surface area contributed by atoms with Gasteiger partial charge < -0.3 is 5.32 Å². The second kappa shape index (κ2) is 6.92. The van der Waals surface area contributed by atoms with Crippen molar-refractivity contribution in [3.8, 4) is 0 Å². The van der Waals surface area contributed by atoms with E-state index >= 15 is 0 Å². The van der Waals surface area contributed by atoms with Crippen molar-refractivity contribution in [3.63, 3.8) is 0 Å². The quantitative estimate of drug-likeness (QED) is 0.550. The number of hydrogen-bond donors (Lipinski definition) is 2. The lowest BCUT2D eigenvalue weighted by atomic mass is 9.97. The highest BCUT2D eigenvalue weighted by molar-refractivity contribution is 9.09. The minimum atomic E-state index is -3.76. The van der Waals surface area contributed by atoms with Crippen molar-refractivity contribution < 1.29 is 13.2 Å². The highest BCUT2D eigenvalue weighted by Gasteiger charge is 2.33. The van der Waals surface area contributed by atoms with Crippen LogP contribution in [0, 0.1) is 0 Å². The van der Waals surface area contributed by atoms with Crippen molar-refractivity contribution >= 4 is 48.3 Å². The molecule has 114 valence electrons. The van der Waals surface area contributed by atoms with E-state index in [4.69, 9.17) is 0 Å². The SMILES string of the molecule is CCC(CC)(CBr)NS(=O)(=O)c1nnc(NC(C)=O)s1. The van der Waals surface area contributed by atoms with Gasteiger partial charge in [-0.3, -0.25) is 4.79 Å². The molecule has 0 aliphatic carbocycles. The predicted octanol–water partition coefficient (Wildman–Crippen LogP) is 1.73. The first-order valence-electron chi connectivity index (χ1n) is 5.99. The summed E-state index contributed by atoms with van der Waals surface area (Å²) in [4.78, 5) is 10.9. The Balaban J connectivity index is 2.99. The third-order valence-corrected chi connectivity index (χ3v) is 6.74. The van der Waals surface area contributed by atoms with Crippen molar-refractivity contribution in [1.82, 2.24) is 14.9 Å². The van der Waals surface area contributed by atoms with Gasteiger partial charge in [-0.05, 0) is 12.8 Å². The maximum Gasteiger partial charge on any atom is 0.270 e. The fourth-order valence-electron chi connectivity index (χ4n) is 1.46. The van der Waals surface area contributed by atoms with Crippen LogP contribution in [-0.4, -0.2) is 35.4 Å². The molecule has 1 heterocycles. The number of hydrogen-bond acceptors (Lipinski definition) is 6. The van der Waals surface area contributed by atoms with Crippen LogP contribution in [0.2, 0.25) is 0 Å². The zero-order valence-electron chi connectivity index (χ0n) is 11.4. The van der Waals surface area contributed by atoms with Gasteiger partial charge >= 0.3 is 0 Å². The number of rotatable bonds is 7. The molecule has 1 rings (SSSR count). The van der Waals surface area contributed by atoms with E-state index in [1.807, 2.05) is 13.8 Å². The van der Waals surface area contributed by atoms with Gasteiger partial charge in [-0.2, -0.15) is 0 Å². The number of halogens is 1. The average Bonchev–Trinajstić information content (AvgIpc) is 2.84. The number of carbonyl (C=O) groups is 1. The van der Waals surface area contributed by atoms with Gasteiger partial charge in [0.25, 0.3) is 10.0 Å². The minimum Gasteiger partial charge on any atom is -0.301 e. The molecule has 0 unspecified atom stereocenters. The van der Waals surface area contributed by atoms with E-state index in [1.54, 1.807) is 0 Å². The summed E-state index contributed by atoms with van der Waals surface area (Å²) < 4.78 is 27.1. The first-order valence-corrected chi connectivity index (χ1v) is 9.41. The van der Waals surface area contributed by atoms with Crippen molar-refractivity contribution in [2.75, 3.05) is 10.6 Å². The maximum absolute atomic E-state index is 12.3. The Bertz CT molecular complexity index is 561. The van der Waals surface area contributed by atoms with Crippen molar-refractivity contribution in [2.45, 2.75) is 43.5 Å². The van der Waals surface area contributed by atoms with Gasteiger partial charge in [0.1, 0.15) is 0 Å². The normalized spacial score (nSPS) is 12.4. The van der Waals surface area contributed by atoms with Gasteiger partial charge in [0.05, 0.1) is 0 Å². The molecule has 0 aliphatic rings. The molecule has 1 aromatic rings. The summed E-state index contributed by atoms with van der Waals surface area (Å²) >= 11 is 4.16. The van der Waals surface area contributed by atoms with Crippen LogP contribution in [-0.2, 0) is 14.8 Å². The number of carbonyl (C=O) groups excluding carboxylic acids is 1. The van der Waals surface area contributed by atoms with E-state index in [9.17, 15) is 13.2 Å². The molecule has 0 spiro atoms. The van der Waals surface area contributed by atoms with Crippen molar-refractivity contribution in [1.29, 1.82) is 0 Å². The Hall–Kier alpha value is -0.580. The van der Waals surface area contributed by atoms with Gasteiger partial charge in [-0.1, -0.05) is 41.1 Å². The molecule has 1 amide bonds. The molecule has 0 saturated carbocycles. The van der Waals surface area contributed by atoms with Crippen LogP contribution < -0.4 is 10.0 Å². The fourth-order valence-corrected chi connectivity index (χ4v) is 5.07. The van der Waals surface area contributed by atoms with E-state index in [0.29, 0.717) is 18.2 Å². The zero-order chi connectivity index (χ0) is 15.4. The Kier molecular flexibility index (Phi) is 6.05. The topological polar surface area (TPSA) is 101 Å². The lowest BCUT2D eigenvalue weighted by molar-refractivity contribution is -0.114. The molecule has 0 fully saturated rings. The molecule has 0 bridgehead atoms. The third-order valence-electron chi connectivity index (χ3n) is 2.88. The number of amides is 1. The molecule has 7 nitrogen and oxygen atoms in total. The molecule has 0 aromatic carbocycles. The molecular weight excluding hydrogens is 368 g/mol. The monoisotopic (exact) mass is 384 g/mol. The second-order valence-electron chi connectivity index (χ2n) is 4.28.